The highest BCUT2D eigenvalue weighted by atomic mass is 35.5. The number of nitrogens with two attached hydrogens (primary N) is 1. The van der Waals surface area contributed by atoms with E-state index in [1.54, 1.807) is 22.1 Å². The van der Waals surface area contributed by atoms with E-state index in [1.807, 2.05) is 20.8 Å². The third-order valence-electron chi connectivity index (χ3n) is 7.08. The van der Waals surface area contributed by atoms with E-state index < -0.39 is 5.60 Å². The lowest BCUT2D eigenvalue weighted by Crippen LogP contribution is -2.69. The van der Waals surface area contributed by atoms with Crippen molar-refractivity contribution in [1.82, 2.24) is 14.9 Å². The first-order valence-electron chi connectivity index (χ1n) is 12.2. The van der Waals surface area contributed by atoms with Gasteiger partial charge in [0.05, 0.1) is 26.5 Å². The highest BCUT2D eigenvalue weighted by molar-refractivity contribution is 6.42. The Morgan fingerprint density at radius 3 is 2.29 bits per heavy atom. The van der Waals surface area contributed by atoms with Crippen molar-refractivity contribution in [3.05, 3.63) is 27.9 Å². The molecule has 204 valence electrons. The van der Waals surface area contributed by atoms with Crippen LogP contribution < -0.4 is 25.0 Å². The molecule has 0 atom stereocenters. The van der Waals surface area contributed by atoms with Crippen molar-refractivity contribution < 1.29 is 23.8 Å². The van der Waals surface area contributed by atoms with Crippen LogP contribution in [0.4, 0.5) is 27.0 Å². The quantitative estimate of drug-likeness (QED) is 0.565. The van der Waals surface area contributed by atoms with Crippen LogP contribution in [0.15, 0.2) is 12.3 Å². The molecule has 0 unspecified atom stereocenters. The van der Waals surface area contributed by atoms with Gasteiger partial charge < -0.3 is 24.8 Å². The maximum atomic E-state index is 14.1. The number of carbonyl (C=O) groups is 2. The topological polar surface area (TPSA) is 123 Å². The first-order valence-corrected chi connectivity index (χ1v) is 12.9. The predicted molar refractivity (Wildman–Crippen MR) is 143 cm³/mol. The molecule has 1 saturated carbocycles. The smallest absolute Gasteiger partial charge is 0.410 e. The van der Waals surface area contributed by atoms with Gasteiger partial charge in [0.2, 0.25) is 5.95 Å². The molecule has 1 aliphatic carbocycles. The van der Waals surface area contributed by atoms with Crippen LogP contribution in [0.25, 0.3) is 0 Å². The maximum absolute atomic E-state index is 14.1. The summed E-state index contributed by atoms with van der Waals surface area (Å²) in [6, 6.07) is 1.06. The summed E-state index contributed by atoms with van der Waals surface area (Å²) in [6.45, 7) is 6.81. The highest BCUT2D eigenvalue weighted by Gasteiger charge is 2.58. The second-order valence-corrected chi connectivity index (χ2v) is 11.7. The molecule has 11 nitrogen and oxygen atoms in total. The largest absolute Gasteiger partial charge is 0.495 e. The van der Waals surface area contributed by atoms with Crippen LogP contribution in [0.2, 0.25) is 10.0 Å². The number of urea groups is 1. The highest BCUT2D eigenvalue weighted by Crippen LogP contribution is 2.53. The third kappa shape index (κ3) is 4.41. The van der Waals surface area contributed by atoms with E-state index in [9.17, 15) is 9.59 Å². The van der Waals surface area contributed by atoms with Crippen LogP contribution in [0, 0.1) is 5.41 Å². The van der Waals surface area contributed by atoms with Gasteiger partial charge in [0.1, 0.15) is 33.0 Å². The number of nitrogens with zero attached hydrogens (tertiary/aromatic N) is 5. The number of fused-ring (bicyclic) bond motifs is 1. The summed E-state index contributed by atoms with van der Waals surface area (Å²) in [7, 11) is 2.95. The first-order chi connectivity index (χ1) is 17.9. The molecule has 3 aliphatic rings. The Kier molecular flexibility index (Phi) is 6.42. The average Bonchev–Trinajstić information content (AvgIpc) is 2.78. The van der Waals surface area contributed by atoms with Crippen molar-refractivity contribution in [1.29, 1.82) is 0 Å². The molecule has 1 saturated heterocycles. The van der Waals surface area contributed by atoms with Crippen molar-refractivity contribution in [2.24, 2.45) is 5.41 Å². The maximum Gasteiger partial charge on any atom is 0.410 e. The van der Waals surface area contributed by atoms with Crippen LogP contribution in [0.5, 0.6) is 11.5 Å². The van der Waals surface area contributed by atoms with Gasteiger partial charge in [-0.25, -0.2) is 14.6 Å². The SMILES string of the molecule is COc1cc(OC)c(Cl)c(N2Cc3cnc(N)nc3N(C3CC4(C3)CN(C(=O)OC(C)(C)C)C4)C2=O)c1Cl. The third-order valence-corrected chi connectivity index (χ3v) is 7.81. The van der Waals surface area contributed by atoms with Gasteiger partial charge in [-0.2, -0.15) is 4.98 Å². The van der Waals surface area contributed by atoms with E-state index in [4.69, 9.17) is 43.1 Å². The summed E-state index contributed by atoms with van der Waals surface area (Å²) in [5, 5.41) is 0.368. The fourth-order valence-electron chi connectivity index (χ4n) is 5.40. The van der Waals surface area contributed by atoms with Crippen LogP contribution >= 0.6 is 23.2 Å². The summed E-state index contributed by atoms with van der Waals surface area (Å²) in [4.78, 5) is 39.8. The van der Waals surface area contributed by atoms with E-state index in [2.05, 4.69) is 9.97 Å². The lowest BCUT2D eigenvalue weighted by atomic mass is 9.60. The molecule has 13 heteroatoms. The van der Waals surface area contributed by atoms with Crippen molar-refractivity contribution in [2.45, 2.75) is 51.8 Å². The summed E-state index contributed by atoms with van der Waals surface area (Å²) in [5.41, 5.74) is 6.24. The number of likely N-dealkylation sites (tertiary alicyclic amines) is 1. The number of ether oxygens (including phenoxy) is 3. The predicted octanol–water partition coefficient (Wildman–Crippen LogP) is 4.73. The van der Waals surface area contributed by atoms with Crippen LogP contribution in [0.1, 0.15) is 39.2 Å². The van der Waals surface area contributed by atoms with E-state index in [-0.39, 0.29) is 51.8 Å². The Bertz CT molecular complexity index is 1270. The zero-order valence-electron chi connectivity index (χ0n) is 21.9. The van der Waals surface area contributed by atoms with Crippen LogP contribution in [-0.2, 0) is 11.3 Å². The number of carbonyl (C=O) groups excluding carboxylic acids is 2. The van der Waals surface area contributed by atoms with Gasteiger partial charge in [-0.15, -0.1) is 0 Å². The number of nitrogen functional groups attached to an aromatic ring is 1. The lowest BCUT2D eigenvalue weighted by Gasteiger charge is -2.60. The molecule has 3 heterocycles. The summed E-state index contributed by atoms with van der Waals surface area (Å²) in [6.07, 6.45) is 2.66. The van der Waals surface area contributed by atoms with Gasteiger partial charge >= 0.3 is 12.1 Å². The molecule has 1 aromatic carbocycles. The van der Waals surface area contributed by atoms with Gasteiger partial charge in [-0.3, -0.25) is 9.80 Å². The molecular weight excluding hydrogens is 535 g/mol. The number of hydrogen-bond donors (Lipinski definition) is 1. The molecule has 2 N–H and O–H groups in total. The molecular formula is C25H30Cl2N6O5. The Morgan fingerprint density at radius 1 is 1.13 bits per heavy atom. The summed E-state index contributed by atoms with van der Waals surface area (Å²) >= 11 is 13.3. The number of methoxy groups -OCH3 is 2. The Labute approximate surface area is 230 Å². The summed E-state index contributed by atoms with van der Waals surface area (Å²) in [5.74, 6) is 1.17. The van der Waals surface area contributed by atoms with Crippen LogP contribution in [0.3, 0.4) is 0 Å². The lowest BCUT2D eigenvalue weighted by molar-refractivity contribution is -0.0770. The van der Waals surface area contributed by atoms with Gasteiger partial charge in [-0.1, -0.05) is 23.2 Å². The number of benzene rings is 1. The van der Waals surface area contributed by atoms with Gasteiger partial charge in [0, 0.05) is 42.4 Å². The van der Waals surface area contributed by atoms with E-state index in [1.165, 1.54) is 19.1 Å². The van der Waals surface area contributed by atoms with E-state index in [0.717, 1.165) is 0 Å². The number of halogens is 2. The van der Waals surface area contributed by atoms with Crippen molar-refractivity contribution in [3.8, 4) is 11.5 Å². The number of aromatic nitrogens is 2. The van der Waals surface area contributed by atoms with Crippen molar-refractivity contribution in [3.63, 3.8) is 0 Å². The van der Waals surface area contributed by atoms with Gasteiger partial charge in [0.25, 0.3) is 0 Å². The van der Waals surface area contributed by atoms with Crippen molar-refractivity contribution in [2.75, 3.05) is 42.8 Å². The first kappa shape index (κ1) is 26.4. The molecule has 0 radical (unpaired) electrons. The minimum atomic E-state index is -0.555. The summed E-state index contributed by atoms with van der Waals surface area (Å²) < 4.78 is 16.3. The minimum absolute atomic E-state index is 0.0721. The molecule has 3 amide bonds. The van der Waals surface area contributed by atoms with E-state index >= 15 is 0 Å². The zero-order valence-corrected chi connectivity index (χ0v) is 23.4. The molecule has 2 aromatic rings. The normalized spacial score (nSPS) is 18.6. The van der Waals surface area contributed by atoms with Gasteiger partial charge in [-0.05, 0) is 33.6 Å². The monoisotopic (exact) mass is 564 g/mol. The molecule has 2 aliphatic heterocycles. The fraction of sp³-hybridized carbons (Fsp3) is 0.520. The minimum Gasteiger partial charge on any atom is -0.495 e. The second-order valence-electron chi connectivity index (χ2n) is 11.0. The van der Waals surface area contributed by atoms with E-state index in [0.29, 0.717) is 48.8 Å². The zero-order chi connectivity index (χ0) is 27.6. The fourth-order valence-corrected chi connectivity index (χ4v) is 6.11. The molecule has 38 heavy (non-hydrogen) atoms. The number of rotatable bonds is 4. The standard InChI is InChI=1S/C25H30Cl2N6O5/c1-24(2,3)38-23(35)31-11-25(12-31)7-14(8-25)33-20-13(9-29-21(28)30-20)10-32(22(33)34)19-17(26)15(36-4)6-16(37-5)18(19)27/h6,9,14H,7-8,10-12H2,1-5H3,(H2,28,29,30). The number of anilines is 3. The average molecular weight is 565 g/mol. The number of amides is 3. The number of hydrogen-bond acceptors (Lipinski definition) is 8. The molecule has 1 spiro atoms. The second kappa shape index (κ2) is 9.23. The Hall–Kier alpha value is -3.18. The Balaban J connectivity index is 1.43. The Morgan fingerprint density at radius 2 is 1.74 bits per heavy atom. The molecule has 0 bridgehead atoms. The molecule has 1 aromatic heterocycles. The molecule has 2 fully saturated rings. The molecule has 5 rings (SSSR count). The van der Waals surface area contributed by atoms with Gasteiger partial charge in [0.15, 0.2) is 0 Å². The van der Waals surface area contributed by atoms with Crippen molar-refractivity contribution >= 4 is 52.8 Å². The van der Waals surface area contributed by atoms with Crippen LogP contribution in [-0.4, -0.2) is 65.9 Å².